The van der Waals surface area contributed by atoms with Gasteiger partial charge in [-0.3, -0.25) is 4.79 Å². The summed E-state index contributed by atoms with van der Waals surface area (Å²) in [5.41, 5.74) is 2.60. The van der Waals surface area contributed by atoms with Gasteiger partial charge in [-0.25, -0.2) is 9.67 Å². The van der Waals surface area contributed by atoms with Crippen molar-refractivity contribution in [3.05, 3.63) is 64.9 Å². The van der Waals surface area contributed by atoms with Crippen molar-refractivity contribution in [3.8, 4) is 17.1 Å². The van der Waals surface area contributed by atoms with Crippen LogP contribution in [0.15, 0.2) is 48.5 Å². The highest BCUT2D eigenvalue weighted by Crippen LogP contribution is 2.27. The first-order valence-electron chi connectivity index (χ1n) is 9.72. The van der Waals surface area contributed by atoms with Gasteiger partial charge in [-0.1, -0.05) is 67.3 Å². The number of aromatic nitrogens is 3. The summed E-state index contributed by atoms with van der Waals surface area (Å²) in [4.78, 5) is 17.4. The van der Waals surface area contributed by atoms with Crippen LogP contribution >= 0.6 is 11.6 Å². The van der Waals surface area contributed by atoms with E-state index >= 15 is 0 Å². The molecule has 1 aliphatic rings. The molecule has 1 heterocycles. The maximum Gasteiger partial charge on any atom is 0.291 e. The van der Waals surface area contributed by atoms with Gasteiger partial charge < -0.3 is 5.32 Å². The van der Waals surface area contributed by atoms with E-state index in [0.29, 0.717) is 10.8 Å². The molecule has 0 aliphatic heterocycles. The molecule has 0 saturated heterocycles. The number of hydrogen-bond donors (Lipinski definition) is 1. The Labute approximate surface area is 169 Å². The highest BCUT2D eigenvalue weighted by atomic mass is 35.5. The zero-order valence-corrected chi connectivity index (χ0v) is 16.6. The molecule has 1 N–H and O–H groups in total. The minimum Gasteiger partial charge on any atom is -0.347 e. The first-order chi connectivity index (χ1) is 13.6. The van der Waals surface area contributed by atoms with Gasteiger partial charge in [0.05, 0.1) is 5.69 Å². The minimum absolute atomic E-state index is 0.184. The summed E-state index contributed by atoms with van der Waals surface area (Å²) in [6.07, 6.45) is 5.59. The lowest BCUT2D eigenvalue weighted by Crippen LogP contribution is -2.36. The summed E-state index contributed by atoms with van der Waals surface area (Å²) in [5, 5.41) is 8.31. The highest BCUT2D eigenvalue weighted by Gasteiger charge is 2.23. The Hall–Kier alpha value is -2.66. The lowest BCUT2D eigenvalue weighted by molar-refractivity contribution is 0.0917. The predicted octanol–water partition coefficient (Wildman–Crippen LogP) is 4.96. The number of nitrogens with one attached hydrogen (secondary N) is 1. The number of hydrogen-bond acceptors (Lipinski definition) is 3. The van der Waals surface area contributed by atoms with Gasteiger partial charge in [0, 0.05) is 16.6 Å². The van der Waals surface area contributed by atoms with Gasteiger partial charge in [0.25, 0.3) is 5.91 Å². The molecule has 4 rings (SSSR count). The lowest BCUT2D eigenvalue weighted by Gasteiger charge is -2.21. The zero-order chi connectivity index (χ0) is 19.5. The maximum atomic E-state index is 12.8. The third-order valence-electron chi connectivity index (χ3n) is 5.25. The van der Waals surface area contributed by atoms with Gasteiger partial charge in [0.15, 0.2) is 5.82 Å². The Morgan fingerprint density at radius 3 is 2.57 bits per heavy atom. The first-order valence-corrected chi connectivity index (χ1v) is 10.1. The Balaban J connectivity index is 1.74. The van der Waals surface area contributed by atoms with Gasteiger partial charge in [-0.2, -0.15) is 0 Å². The van der Waals surface area contributed by atoms with Crippen LogP contribution in [0.2, 0.25) is 5.02 Å². The minimum atomic E-state index is -0.220. The third-order valence-corrected chi connectivity index (χ3v) is 5.66. The van der Waals surface area contributed by atoms with E-state index in [2.05, 4.69) is 15.4 Å². The molecular formula is C22H23ClN4O. The molecular weight excluding hydrogens is 372 g/mol. The van der Waals surface area contributed by atoms with Crippen LogP contribution in [0, 0.1) is 6.92 Å². The van der Waals surface area contributed by atoms with Crippen molar-refractivity contribution in [2.75, 3.05) is 0 Å². The fourth-order valence-corrected chi connectivity index (χ4v) is 3.84. The number of amides is 1. The SMILES string of the molecule is Cc1c(Cl)cccc1-n1nc(C(=O)NC2CCCCC2)nc1-c1ccccc1. The fraction of sp³-hybridized carbons (Fsp3) is 0.318. The van der Waals surface area contributed by atoms with E-state index in [9.17, 15) is 4.79 Å². The van der Waals surface area contributed by atoms with E-state index in [0.717, 1.165) is 42.5 Å². The molecule has 1 fully saturated rings. The molecule has 1 aliphatic carbocycles. The molecule has 1 saturated carbocycles. The van der Waals surface area contributed by atoms with Crippen molar-refractivity contribution in [3.63, 3.8) is 0 Å². The summed E-state index contributed by atoms with van der Waals surface area (Å²) in [5.74, 6) is 0.589. The predicted molar refractivity (Wildman–Crippen MR) is 111 cm³/mol. The van der Waals surface area contributed by atoms with Crippen LogP contribution in [0.25, 0.3) is 17.1 Å². The summed E-state index contributed by atoms with van der Waals surface area (Å²) < 4.78 is 1.71. The van der Waals surface area contributed by atoms with Crippen LogP contribution in [0.3, 0.4) is 0 Å². The summed E-state index contributed by atoms with van der Waals surface area (Å²) in [6.45, 7) is 1.94. The smallest absolute Gasteiger partial charge is 0.291 e. The normalized spacial score (nSPS) is 14.8. The largest absolute Gasteiger partial charge is 0.347 e. The molecule has 0 atom stereocenters. The Morgan fingerprint density at radius 2 is 1.82 bits per heavy atom. The van der Waals surface area contributed by atoms with E-state index < -0.39 is 0 Å². The van der Waals surface area contributed by atoms with Gasteiger partial charge in [-0.05, 0) is 37.5 Å². The van der Waals surface area contributed by atoms with Crippen molar-refractivity contribution in [2.45, 2.75) is 45.1 Å². The topological polar surface area (TPSA) is 59.8 Å². The number of rotatable bonds is 4. The second kappa shape index (κ2) is 8.15. The molecule has 2 aromatic carbocycles. The Kier molecular flexibility index (Phi) is 5.44. The molecule has 28 heavy (non-hydrogen) atoms. The van der Waals surface area contributed by atoms with Gasteiger partial charge >= 0.3 is 0 Å². The van der Waals surface area contributed by atoms with Crippen LogP contribution in [0.5, 0.6) is 0 Å². The molecule has 0 unspecified atom stereocenters. The average molecular weight is 395 g/mol. The van der Waals surface area contributed by atoms with Crippen LogP contribution in [0.4, 0.5) is 0 Å². The van der Waals surface area contributed by atoms with Crippen LogP contribution in [-0.4, -0.2) is 26.7 Å². The monoisotopic (exact) mass is 394 g/mol. The van der Waals surface area contributed by atoms with Gasteiger partial charge in [0.1, 0.15) is 0 Å². The van der Waals surface area contributed by atoms with Crippen molar-refractivity contribution >= 4 is 17.5 Å². The number of carbonyl (C=O) groups is 1. The van der Waals surface area contributed by atoms with E-state index in [1.807, 2.05) is 55.5 Å². The molecule has 6 heteroatoms. The standard InChI is InChI=1S/C22H23ClN4O/c1-15-18(23)13-8-14-19(15)27-21(16-9-4-2-5-10-16)25-20(26-27)22(28)24-17-11-6-3-7-12-17/h2,4-5,8-10,13-14,17H,3,6-7,11-12H2,1H3,(H,24,28). The third kappa shape index (κ3) is 3.80. The van der Waals surface area contributed by atoms with Crippen molar-refractivity contribution in [1.29, 1.82) is 0 Å². The van der Waals surface area contributed by atoms with Gasteiger partial charge in [0.2, 0.25) is 5.82 Å². The second-order valence-corrected chi connectivity index (χ2v) is 7.64. The summed E-state index contributed by atoms with van der Waals surface area (Å²) in [7, 11) is 0. The van der Waals surface area contributed by atoms with Crippen LogP contribution in [-0.2, 0) is 0 Å². The highest BCUT2D eigenvalue weighted by molar-refractivity contribution is 6.31. The van der Waals surface area contributed by atoms with Gasteiger partial charge in [-0.15, -0.1) is 5.10 Å². The summed E-state index contributed by atoms with van der Waals surface area (Å²) in [6, 6.07) is 15.6. The quantitative estimate of drug-likeness (QED) is 0.680. The first kappa shape index (κ1) is 18.7. The maximum absolute atomic E-state index is 12.8. The van der Waals surface area contributed by atoms with Crippen molar-refractivity contribution in [1.82, 2.24) is 20.1 Å². The van der Waals surface area contributed by atoms with Crippen molar-refractivity contribution in [2.24, 2.45) is 0 Å². The fourth-order valence-electron chi connectivity index (χ4n) is 3.67. The Bertz CT molecular complexity index is 977. The van der Waals surface area contributed by atoms with Crippen LogP contribution in [0.1, 0.15) is 48.3 Å². The number of carbonyl (C=O) groups excluding carboxylic acids is 1. The van der Waals surface area contributed by atoms with Crippen molar-refractivity contribution < 1.29 is 4.79 Å². The molecule has 0 radical (unpaired) electrons. The zero-order valence-electron chi connectivity index (χ0n) is 15.9. The molecule has 0 bridgehead atoms. The van der Waals surface area contributed by atoms with Crippen LogP contribution < -0.4 is 5.32 Å². The molecule has 0 spiro atoms. The Morgan fingerprint density at radius 1 is 1.07 bits per heavy atom. The van der Waals surface area contributed by atoms with E-state index in [1.54, 1.807) is 4.68 Å². The number of benzene rings is 2. The number of nitrogens with zero attached hydrogens (tertiary/aromatic N) is 3. The average Bonchev–Trinajstić information content (AvgIpc) is 3.17. The summed E-state index contributed by atoms with van der Waals surface area (Å²) >= 11 is 6.32. The second-order valence-electron chi connectivity index (χ2n) is 7.23. The molecule has 5 nitrogen and oxygen atoms in total. The van der Waals surface area contributed by atoms with E-state index in [1.165, 1.54) is 6.42 Å². The molecule has 1 amide bonds. The molecule has 3 aromatic rings. The molecule has 144 valence electrons. The van der Waals surface area contributed by atoms with E-state index in [4.69, 9.17) is 11.6 Å². The lowest BCUT2D eigenvalue weighted by atomic mass is 9.95. The number of halogens is 1. The molecule has 1 aromatic heterocycles. The van der Waals surface area contributed by atoms with E-state index in [-0.39, 0.29) is 17.8 Å².